The molecule has 1 aliphatic heterocycles. The zero-order valence-electron chi connectivity index (χ0n) is 15.8. The van der Waals surface area contributed by atoms with Gasteiger partial charge < -0.3 is 4.90 Å². The Kier molecular flexibility index (Phi) is 4.59. The fourth-order valence-corrected chi connectivity index (χ4v) is 3.93. The van der Waals surface area contributed by atoms with Crippen LogP contribution in [0.25, 0.3) is 10.9 Å². The Morgan fingerprint density at radius 1 is 1.04 bits per heavy atom. The van der Waals surface area contributed by atoms with E-state index in [2.05, 4.69) is 63.1 Å². The van der Waals surface area contributed by atoms with Crippen LogP contribution in [0.15, 0.2) is 24.3 Å². The molecule has 4 rings (SSSR count). The van der Waals surface area contributed by atoms with Crippen LogP contribution in [0.4, 0.5) is 5.69 Å². The number of hydrogen-bond donors (Lipinski definition) is 1. The van der Waals surface area contributed by atoms with Gasteiger partial charge in [-0.05, 0) is 31.9 Å². The number of aromatic nitrogens is 4. The van der Waals surface area contributed by atoms with Crippen LogP contribution in [0.1, 0.15) is 29.8 Å². The van der Waals surface area contributed by atoms with E-state index >= 15 is 0 Å². The van der Waals surface area contributed by atoms with Gasteiger partial charge in [0.05, 0.1) is 17.7 Å². The van der Waals surface area contributed by atoms with Crippen LogP contribution in [0, 0.1) is 13.8 Å². The molecule has 6 heteroatoms. The van der Waals surface area contributed by atoms with Gasteiger partial charge in [-0.25, -0.2) is 4.98 Å². The van der Waals surface area contributed by atoms with Crippen LogP contribution < -0.4 is 4.90 Å². The van der Waals surface area contributed by atoms with E-state index in [0.29, 0.717) is 0 Å². The van der Waals surface area contributed by atoms with Gasteiger partial charge in [-0.3, -0.25) is 15.0 Å². The van der Waals surface area contributed by atoms with E-state index in [-0.39, 0.29) is 0 Å². The van der Waals surface area contributed by atoms with Gasteiger partial charge in [-0.15, -0.1) is 0 Å². The number of piperazine rings is 1. The Labute approximate surface area is 154 Å². The van der Waals surface area contributed by atoms with E-state index < -0.39 is 0 Å². The number of nitrogens with one attached hydrogen (secondary N) is 1. The monoisotopic (exact) mass is 350 g/mol. The molecule has 0 spiro atoms. The van der Waals surface area contributed by atoms with Crippen molar-refractivity contribution in [1.82, 2.24) is 25.1 Å². The molecule has 1 aromatic carbocycles. The first-order chi connectivity index (χ1) is 12.7. The van der Waals surface area contributed by atoms with Crippen LogP contribution in [-0.4, -0.2) is 51.2 Å². The highest BCUT2D eigenvalue weighted by Crippen LogP contribution is 2.32. The summed E-state index contributed by atoms with van der Waals surface area (Å²) in [6.45, 7) is 11.2. The van der Waals surface area contributed by atoms with Gasteiger partial charge in [0.15, 0.2) is 5.82 Å². The van der Waals surface area contributed by atoms with Crippen molar-refractivity contribution in [3.8, 4) is 0 Å². The SMILES string of the molecule is CCc1c(C)nc2ccccc2c1N1CCN(Cc2n[nH]c(C)n2)CC1. The molecule has 3 aromatic rings. The first-order valence-electron chi connectivity index (χ1n) is 9.39. The van der Waals surface area contributed by atoms with Crippen molar-refractivity contribution >= 4 is 16.6 Å². The largest absolute Gasteiger partial charge is 0.368 e. The van der Waals surface area contributed by atoms with Crippen molar-refractivity contribution in [1.29, 1.82) is 0 Å². The average molecular weight is 350 g/mol. The van der Waals surface area contributed by atoms with Crippen molar-refractivity contribution in [2.75, 3.05) is 31.1 Å². The zero-order chi connectivity index (χ0) is 18.1. The normalized spacial score (nSPS) is 15.7. The number of aryl methyl sites for hydroxylation is 2. The van der Waals surface area contributed by atoms with Crippen LogP contribution in [-0.2, 0) is 13.0 Å². The topological polar surface area (TPSA) is 60.9 Å². The minimum atomic E-state index is 0.814. The molecule has 3 heterocycles. The lowest BCUT2D eigenvalue weighted by Crippen LogP contribution is -2.46. The standard InChI is InChI=1S/C20H26N6/c1-4-16-14(2)21-18-8-6-5-7-17(18)20(16)26-11-9-25(10-12-26)13-19-22-15(3)23-24-19/h5-8H,4,9-13H2,1-3H3,(H,22,23,24). The Bertz CT molecular complexity index is 908. The number of rotatable bonds is 4. The van der Waals surface area contributed by atoms with E-state index in [1.807, 2.05) is 6.92 Å². The van der Waals surface area contributed by atoms with Crippen LogP contribution >= 0.6 is 0 Å². The molecule has 1 fully saturated rings. The molecular weight excluding hydrogens is 324 g/mol. The van der Waals surface area contributed by atoms with Gasteiger partial charge in [0.1, 0.15) is 5.82 Å². The van der Waals surface area contributed by atoms with Gasteiger partial charge in [-0.2, -0.15) is 5.10 Å². The molecule has 1 N–H and O–H groups in total. The van der Waals surface area contributed by atoms with E-state index in [4.69, 9.17) is 4.98 Å². The van der Waals surface area contributed by atoms with Crippen molar-refractivity contribution in [3.05, 3.63) is 47.2 Å². The number of pyridine rings is 1. The van der Waals surface area contributed by atoms with E-state index in [9.17, 15) is 0 Å². The number of hydrogen-bond acceptors (Lipinski definition) is 5. The summed E-state index contributed by atoms with van der Waals surface area (Å²) in [7, 11) is 0. The molecule has 0 unspecified atom stereocenters. The fourth-order valence-electron chi connectivity index (χ4n) is 3.93. The highest BCUT2D eigenvalue weighted by atomic mass is 15.3. The Morgan fingerprint density at radius 2 is 1.81 bits per heavy atom. The Balaban J connectivity index is 1.57. The van der Waals surface area contributed by atoms with Crippen molar-refractivity contribution in [3.63, 3.8) is 0 Å². The number of aromatic amines is 1. The second-order valence-corrected chi connectivity index (χ2v) is 7.00. The number of H-pyrrole nitrogens is 1. The van der Waals surface area contributed by atoms with Crippen LogP contribution in [0.3, 0.4) is 0 Å². The van der Waals surface area contributed by atoms with Crippen LogP contribution in [0.2, 0.25) is 0 Å². The lowest BCUT2D eigenvalue weighted by atomic mass is 10.0. The fraction of sp³-hybridized carbons (Fsp3) is 0.450. The summed E-state index contributed by atoms with van der Waals surface area (Å²) >= 11 is 0. The summed E-state index contributed by atoms with van der Waals surface area (Å²) in [6.07, 6.45) is 1.01. The summed E-state index contributed by atoms with van der Waals surface area (Å²) in [6, 6.07) is 8.51. The van der Waals surface area contributed by atoms with Gasteiger partial charge >= 0.3 is 0 Å². The molecule has 2 aromatic heterocycles. The lowest BCUT2D eigenvalue weighted by Gasteiger charge is -2.37. The molecule has 0 aliphatic carbocycles. The maximum atomic E-state index is 4.82. The maximum absolute atomic E-state index is 4.82. The lowest BCUT2D eigenvalue weighted by molar-refractivity contribution is 0.244. The molecule has 136 valence electrons. The summed E-state index contributed by atoms with van der Waals surface area (Å²) in [4.78, 5) is 14.2. The van der Waals surface area contributed by atoms with Gasteiger partial charge in [0.2, 0.25) is 0 Å². The second kappa shape index (κ2) is 7.03. The molecule has 0 bridgehead atoms. The first kappa shape index (κ1) is 17.0. The van der Waals surface area contributed by atoms with E-state index in [0.717, 1.165) is 62.0 Å². The number of para-hydroxylation sites is 1. The average Bonchev–Trinajstić information content (AvgIpc) is 3.06. The third-order valence-electron chi connectivity index (χ3n) is 5.22. The molecule has 0 saturated carbocycles. The van der Waals surface area contributed by atoms with Crippen LogP contribution in [0.5, 0.6) is 0 Å². The molecule has 26 heavy (non-hydrogen) atoms. The summed E-state index contributed by atoms with van der Waals surface area (Å²) in [5.41, 5.74) is 5.00. The third kappa shape index (κ3) is 3.17. The zero-order valence-corrected chi connectivity index (χ0v) is 15.8. The van der Waals surface area contributed by atoms with Gasteiger partial charge in [0.25, 0.3) is 0 Å². The summed E-state index contributed by atoms with van der Waals surface area (Å²) in [5, 5.41) is 8.47. The molecule has 1 saturated heterocycles. The second-order valence-electron chi connectivity index (χ2n) is 7.00. The highest BCUT2D eigenvalue weighted by Gasteiger charge is 2.23. The predicted octanol–water partition coefficient (Wildman–Crippen LogP) is 2.85. The molecule has 6 nitrogen and oxygen atoms in total. The van der Waals surface area contributed by atoms with E-state index in [1.54, 1.807) is 0 Å². The molecule has 1 aliphatic rings. The predicted molar refractivity (Wildman–Crippen MR) is 104 cm³/mol. The molecule has 0 atom stereocenters. The Morgan fingerprint density at radius 3 is 2.50 bits per heavy atom. The highest BCUT2D eigenvalue weighted by molar-refractivity contribution is 5.94. The maximum Gasteiger partial charge on any atom is 0.164 e. The first-order valence-corrected chi connectivity index (χ1v) is 9.39. The quantitative estimate of drug-likeness (QED) is 0.784. The summed E-state index contributed by atoms with van der Waals surface area (Å²) < 4.78 is 0. The van der Waals surface area contributed by atoms with Crippen molar-refractivity contribution in [2.45, 2.75) is 33.7 Å². The molecule has 0 amide bonds. The third-order valence-corrected chi connectivity index (χ3v) is 5.22. The van der Waals surface area contributed by atoms with Crippen molar-refractivity contribution < 1.29 is 0 Å². The minimum Gasteiger partial charge on any atom is -0.368 e. The van der Waals surface area contributed by atoms with E-state index in [1.165, 1.54) is 16.6 Å². The smallest absolute Gasteiger partial charge is 0.164 e. The number of benzene rings is 1. The minimum absolute atomic E-state index is 0.814. The number of nitrogens with zero attached hydrogens (tertiary/aromatic N) is 5. The van der Waals surface area contributed by atoms with Gasteiger partial charge in [-0.1, -0.05) is 25.1 Å². The molecule has 0 radical (unpaired) electrons. The van der Waals surface area contributed by atoms with Gasteiger partial charge in [0, 0.05) is 37.3 Å². The number of anilines is 1. The molecular formula is C20H26N6. The van der Waals surface area contributed by atoms with Crippen molar-refractivity contribution in [2.24, 2.45) is 0 Å². The number of fused-ring (bicyclic) bond motifs is 1. The summed E-state index contributed by atoms with van der Waals surface area (Å²) in [5.74, 6) is 1.76. The Hall–Kier alpha value is -2.47.